The molecule has 2 fully saturated rings. The third kappa shape index (κ3) is 3.11. The summed E-state index contributed by atoms with van der Waals surface area (Å²) in [6.45, 7) is 8.00. The van der Waals surface area contributed by atoms with Gasteiger partial charge in [0.2, 0.25) is 11.8 Å². The van der Waals surface area contributed by atoms with Crippen LogP contribution >= 0.6 is 0 Å². The van der Waals surface area contributed by atoms with Crippen molar-refractivity contribution in [1.82, 2.24) is 4.90 Å². The fourth-order valence-corrected chi connectivity index (χ4v) is 5.46. The fraction of sp³-hybridized carbons (Fsp3) is 0.545. The number of fused-ring (bicyclic) bond motifs is 3. The number of hydrogen-bond donors (Lipinski definition) is 2. The number of nitrogens with zero attached hydrogens (tertiary/aromatic N) is 1. The van der Waals surface area contributed by atoms with Crippen molar-refractivity contribution >= 4 is 18.9 Å². The van der Waals surface area contributed by atoms with Gasteiger partial charge in [-0.3, -0.25) is 14.5 Å². The molecule has 4 rings (SSSR count). The van der Waals surface area contributed by atoms with Crippen molar-refractivity contribution in [2.45, 2.75) is 53.1 Å². The minimum absolute atomic E-state index is 0.0749. The number of aryl methyl sites for hydroxylation is 2. The van der Waals surface area contributed by atoms with E-state index in [-0.39, 0.29) is 29.4 Å². The summed E-state index contributed by atoms with van der Waals surface area (Å²) in [5.41, 5.74) is 4.10. The second-order valence-corrected chi connectivity index (χ2v) is 8.72. The molecule has 29 heavy (non-hydrogen) atoms. The first-order valence-electron chi connectivity index (χ1n) is 10.4. The average molecular weight is 397 g/mol. The van der Waals surface area contributed by atoms with E-state index in [9.17, 15) is 19.7 Å². The van der Waals surface area contributed by atoms with Crippen LogP contribution in [-0.2, 0) is 14.2 Å². The molecule has 1 aromatic carbocycles. The highest BCUT2D eigenvalue weighted by Gasteiger charge is 2.57. The summed E-state index contributed by atoms with van der Waals surface area (Å²) in [7, 11) is -1.09. The summed E-state index contributed by atoms with van der Waals surface area (Å²) in [5, 5.41) is 20.9. The minimum atomic E-state index is -1.09. The number of phenols is 1. The molecular weight excluding hydrogens is 369 g/mol. The third-order valence-corrected chi connectivity index (χ3v) is 6.78. The monoisotopic (exact) mass is 397 g/mol. The van der Waals surface area contributed by atoms with Gasteiger partial charge in [-0.1, -0.05) is 12.5 Å². The maximum atomic E-state index is 13.1. The number of carbonyl (C=O) groups is 2. The standard InChI is InChI=1S/C22H28BNO5/c1-5-6-24-21(26)16-9-11(2)19-15(18(16)22(24)27)10-17(29-23(19)28)14-7-12(3)20(25)13(4)8-14/h7-8,15-18,25,28H,5-6,9-10H2,1-4H3/t15-,16-,17-,18+/m0/s1. The van der Waals surface area contributed by atoms with Gasteiger partial charge >= 0.3 is 7.12 Å². The lowest BCUT2D eigenvalue weighted by atomic mass is 9.55. The number of imide groups is 1. The quantitative estimate of drug-likeness (QED) is 0.605. The Morgan fingerprint density at radius 3 is 2.41 bits per heavy atom. The van der Waals surface area contributed by atoms with Gasteiger partial charge in [-0.05, 0) is 80.2 Å². The molecule has 0 aromatic heterocycles. The Labute approximate surface area is 171 Å². The first-order valence-corrected chi connectivity index (χ1v) is 10.4. The van der Waals surface area contributed by atoms with Gasteiger partial charge in [0, 0.05) is 6.54 Å². The van der Waals surface area contributed by atoms with Crippen molar-refractivity contribution in [3.63, 3.8) is 0 Å². The Balaban J connectivity index is 1.71. The number of likely N-dealkylation sites (tertiary alicyclic amines) is 1. The van der Waals surface area contributed by atoms with Crippen LogP contribution in [0.25, 0.3) is 0 Å². The zero-order chi connectivity index (χ0) is 21.0. The van der Waals surface area contributed by atoms with E-state index < -0.39 is 19.1 Å². The van der Waals surface area contributed by atoms with E-state index in [1.54, 1.807) is 0 Å². The lowest BCUT2D eigenvalue weighted by Gasteiger charge is -2.41. The summed E-state index contributed by atoms with van der Waals surface area (Å²) in [4.78, 5) is 27.4. The zero-order valence-electron chi connectivity index (χ0n) is 17.4. The van der Waals surface area contributed by atoms with Gasteiger partial charge in [-0.15, -0.1) is 0 Å². The summed E-state index contributed by atoms with van der Waals surface area (Å²) in [6, 6.07) is 3.74. The van der Waals surface area contributed by atoms with E-state index in [2.05, 4.69) is 0 Å². The second-order valence-electron chi connectivity index (χ2n) is 8.72. The van der Waals surface area contributed by atoms with Crippen LogP contribution in [0, 0.1) is 31.6 Å². The summed E-state index contributed by atoms with van der Waals surface area (Å²) < 4.78 is 5.95. The minimum Gasteiger partial charge on any atom is -0.507 e. The molecule has 7 heteroatoms. The predicted molar refractivity (Wildman–Crippen MR) is 109 cm³/mol. The number of amides is 2. The Bertz CT molecular complexity index is 887. The number of benzene rings is 1. The number of allylic oxidation sites excluding steroid dienone is 2. The summed E-state index contributed by atoms with van der Waals surface area (Å²) >= 11 is 0. The smallest absolute Gasteiger partial charge is 0.487 e. The van der Waals surface area contributed by atoms with Crippen molar-refractivity contribution in [2.24, 2.45) is 17.8 Å². The van der Waals surface area contributed by atoms with Crippen molar-refractivity contribution in [3.8, 4) is 5.75 Å². The lowest BCUT2D eigenvalue weighted by Crippen LogP contribution is -2.44. The maximum absolute atomic E-state index is 13.1. The van der Waals surface area contributed by atoms with Crippen LogP contribution in [0.4, 0.5) is 0 Å². The second kappa shape index (κ2) is 7.29. The van der Waals surface area contributed by atoms with Gasteiger partial charge in [0.15, 0.2) is 0 Å². The maximum Gasteiger partial charge on any atom is 0.487 e. The largest absolute Gasteiger partial charge is 0.507 e. The number of aromatic hydroxyl groups is 1. The van der Waals surface area contributed by atoms with Gasteiger partial charge in [0.25, 0.3) is 0 Å². The van der Waals surface area contributed by atoms with Crippen LogP contribution in [0.5, 0.6) is 5.75 Å². The highest BCUT2D eigenvalue weighted by atomic mass is 16.5. The lowest BCUT2D eigenvalue weighted by molar-refractivity contribution is -0.140. The van der Waals surface area contributed by atoms with Gasteiger partial charge in [0.05, 0.1) is 17.9 Å². The topological polar surface area (TPSA) is 87.1 Å². The van der Waals surface area contributed by atoms with Crippen molar-refractivity contribution in [1.29, 1.82) is 0 Å². The summed E-state index contributed by atoms with van der Waals surface area (Å²) in [5.74, 6) is -0.900. The van der Waals surface area contributed by atoms with Crippen molar-refractivity contribution < 1.29 is 24.4 Å². The molecule has 1 aromatic rings. The van der Waals surface area contributed by atoms with E-state index >= 15 is 0 Å². The third-order valence-electron chi connectivity index (χ3n) is 6.78. The summed E-state index contributed by atoms with van der Waals surface area (Å²) in [6.07, 6.45) is 1.38. The molecule has 6 nitrogen and oxygen atoms in total. The van der Waals surface area contributed by atoms with Crippen LogP contribution in [0.3, 0.4) is 0 Å². The Hall–Kier alpha value is -2.12. The Morgan fingerprint density at radius 2 is 1.79 bits per heavy atom. The van der Waals surface area contributed by atoms with Crippen molar-refractivity contribution in [2.75, 3.05) is 6.54 Å². The highest BCUT2D eigenvalue weighted by molar-refractivity contribution is 6.53. The first kappa shape index (κ1) is 20.2. The van der Waals surface area contributed by atoms with Gasteiger partial charge < -0.3 is 14.8 Å². The molecule has 0 spiro atoms. The molecule has 0 bridgehead atoms. The first-order chi connectivity index (χ1) is 13.7. The number of hydrogen-bond acceptors (Lipinski definition) is 5. The van der Waals surface area contributed by atoms with Crippen LogP contribution < -0.4 is 0 Å². The Morgan fingerprint density at radius 1 is 1.14 bits per heavy atom. The Kier molecular flexibility index (Phi) is 5.07. The normalized spacial score (nSPS) is 29.4. The molecular formula is C22H28BNO5. The fourth-order valence-electron chi connectivity index (χ4n) is 5.46. The predicted octanol–water partition coefficient (Wildman–Crippen LogP) is 2.84. The molecule has 4 atom stereocenters. The molecule has 2 heterocycles. The van der Waals surface area contributed by atoms with E-state index in [0.29, 0.717) is 19.4 Å². The molecule has 0 radical (unpaired) electrons. The number of carbonyl (C=O) groups excluding carboxylic acids is 2. The van der Waals surface area contributed by atoms with Crippen LogP contribution in [-0.4, -0.2) is 40.5 Å². The van der Waals surface area contributed by atoms with E-state index in [4.69, 9.17) is 4.65 Å². The van der Waals surface area contributed by atoms with E-state index in [0.717, 1.165) is 34.2 Å². The highest BCUT2D eigenvalue weighted by Crippen LogP contribution is 2.51. The SMILES string of the molecule is CCCN1C(=O)[C@H]2[C@H](CC(C)=C3B(O)O[C@H](c4cc(C)c(O)c(C)c4)C[C@H]32)C1=O. The molecule has 2 N–H and O–H groups in total. The van der Waals surface area contributed by atoms with E-state index in [1.165, 1.54) is 4.90 Å². The molecule has 0 saturated carbocycles. The molecule has 2 saturated heterocycles. The molecule has 0 unspecified atom stereocenters. The van der Waals surface area contributed by atoms with Gasteiger partial charge in [-0.2, -0.15) is 0 Å². The van der Waals surface area contributed by atoms with E-state index in [1.807, 2.05) is 39.8 Å². The number of rotatable bonds is 3. The van der Waals surface area contributed by atoms with Crippen LogP contribution in [0.1, 0.15) is 55.9 Å². The van der Waals surface area contributed by atoms with Crippen LogP contribution in [0.2, 0.25) is 0 Å². The number of phenolic OH excluding ortho intramolecular Hbond substituents is 1. The average Bonchev–Trinajstić information content (AvgIpc) is 2.90. The van der Waals surface area contributed by atoms with Crippen LogP contribution in [0.15, 0.2) is 23.2 Å². The van der Waals surface area contributed by atoms with Gasteiger partial charge in [-0.25, -0.2) is 0 Å². The molecule has 3 aliphatic rings. The molecule has 2 aliphatic heterocycles. The van der Waals surface area contributed by atoms with Gasteiger partial charge in [0.1, 0.15) is 5.75 Å². The molecule has 154 valence electrons. The zero-order valence-corrected chi connectivity index (χ0v) is 17.4. The molecule has 1 aliphatic carbocycles. The van der Waals surface area contributed by atoms with Crippen molar-refractivity contribution in [3.05, 3.63) is 39.9 Å². The molecule has 2 amide bonds.